The fraction of sp³-hybridized carbons (Fsp3) is 0.526. The number of rotatable bonds is 8. The second-order valence-electron chi connectivity index (χ2n) is 6.06. The van der Waals surface area contributed by atoms with Crippen molar-refractivity contribution in [3.8, 4) is 12.3 Å². The zero-order chi connectivity index (χ0) is 16.5. The van der Waals surface area contributed by atoms with Gasteiger partial charge in [0.1, 0.15) is 0 Å². The molecule has 0 unspecified atom stereocenters. The maximum atomic E-state index is 11.7. The van der Waals surface area contributed by atoms with Gasteiger partial charge in [-0.05, 0) is 29.4 Å². The quantitative estimate of drug-likeness (QED) is 0.724. The van der Waals surface area contributed by atoms with E-state index in [4.69, 9.17) is 6.42 Å². The minimum Gasteiger partial charge on any atom is -0.344 e. The van der Waals surface area contributed by atoms with Gasteiger partial charge in [0.15, 0.2) is 0 Å². The molecule has 3 nitrogen and oxygen atoms in total. The first kappa shape index (κ1) is 18.3. The molecule has 0 radical (unpaired) electrons. The number of nitrogens with one attached hydrogen (secondary N) is 2. The van der Waals surface area contributed by atoms with Gasteiger partial charge in [-0.15, -0.1) is 6.42 Å². The van der Waals surface area contributed by atoms with Crippen molar-refractivity contribution in [2.45, 2.75) is 46.1 Å². The molecule has 2 N–H and O–H groups in total. The Bertz CT molecular complexity index is 499. The minimum absolute atomic E-state index is 0.0696. The summed E-state index contributed by atoms with van der Waals surface area (Å²) in [6.07, 6.45) is 6.28. The molecule has 22 heavy (non-hydrogen) atoms. The first-order chi connectivity index (χ1) is 10.5. The summed E-state index contributed by atoms with van der Waals surface area (Å²) >= 11 is 0. The Morgan fingerprint density at radius 1 is 1.18 bits per heavy atom. The molecule has 0 heterocycles. The van der Waals surface area contributed by atoms with Crippen molar-refractivity contribution in [2.24, 2.45) is 5.92 Å². The normalized spacial score (nSPS) is 13.5. The van der Waals surface area contributed by atoms with E-state index in [1.54, 1.807) is 0 Å². The highest BCUT2D eigenvalue weighted by Crippen LogP contribution is 2.25. The van der Waals surface area contributed by atoms with Crippen molar-refractivity contribution in [1.29, 1.82) is 0 Å². The number of hydrogen-bond acceptors (Lipinski definition) is 2. The van der Waals surface area contributed by atoms with E-state index in [1.165, 1.54) is 11.1 Å². The molecule has 3 heteroatoms. The molecule has 1 aromatic rings. The SMILES string of the molecule is C#CCNC(=O)CN[C@H](c1ccc([C@@H](C)CC)cc1)C(C)C. The van der Waals surface area contributed by atoms with Crippen LogP contribution in [0.3, 0.4) is 0 Å². The standard InChI is InChI=1S/C19H28N2O/c1-6-12-20-18(22)13-21-19(14(3)4)17-10-8-16(9-11-17)15(5)7-2/h1,8-11,14-15,19,21H,7,12-13H2,2-5H3,(H,20,22)/t15-,19-/m0/s1. The van der Waals surface area contributed by atoms with E-state index in [0.717, 1.165) is 6.42 Å². The Labute approximate surface area is 134 Å². The maximum Gasteiger partial charge on any atom is 0.234 e. The van der Waals surface area contributed by atoms with E-state index in [1.807, 2.05) is 0 Å². The highest BCUT2D eigenvalue weighted by atomic mass is 16.1. The molecule has 2 atom stereocenters. The summed E-state index contributed by atoms with van der Waals surface area (Å²) in [7, 11) is 0. The molecule has 0 aliphatic carbocycles. The Kier molecular flexibility index (Phi) is 7.70. The molecule has 0 aromatic heterocycles. The third-order valence-electron chi connectivity index (χ3n) is 4.01. The molecule has 1 rings (SSSR count). The summed E-state index contributed by atoms with van der Waals surface area (Å²) in [6.45, 7) is 9.29. The number of terminal acetylenes is 1. The van der Waals surface area contributed by atoms with E-state index in [0.29, 0.717) is 11.8 Å². The molecule has 120 valence electrons. The van der Waals surface area contributed by atoms with Gasteiger partial charge in [0.2, 0.25) is 5.91 Å². The van der Waals surface area contributed by atoms with Crippen LogP contribution in [0, 0.1) is 18.3 Å². The summed E-state index contributed by atoms with van der Waals surface area (Å²) in [5.41, 5.74) is 2.58. The Balaban J connectivity index is 2.71. The van der Waals surface area contributed by atoms with Gasteiger partial charge >= 0.3 is 0 Å². The Morgan fingerprint density at radius 3 is 2.27 bits per heavy atom. The molecule has 0 bridgehead atoms. The molecule has 1 amide bonds. The number of carbonyl (C=O) groups is 1. The smallest absolute Gasteiger partial charge is 0.234 e. The van der Waals surface area contributed by atoms with Crippen LogP contribution in [0.4, 0.5) is 0 Å². The summed E-state index contributed by atoms with van der Waals surface area (Å²) in [4.78, 5) is 11.7. The van der Waals surface area contributed by atoms with Crippen molar-refractivity contribution in [3.05, 3.63) is 35.4 Å². The van der Waals surface area contributed by atoms with Crippen LogP contribution in [0.2, 0.25) is 0 Å². The summed E-state index contributed by atoms with van der Waals surface area (Å²) in [6, 6.07) is 8.87. The Hall–Kier alpha value is -1.79. The van der Waals surface area contributed by atoms with Gasteiger partial charge in [-0.2, -0.15) is 0 Å². The average Bonchev–Trinajstić information content (AvgIpc) is 2.52. The van der Waals surface area contributed by atoms with Gasteiger partial charge in [-0.25, -0.2) is 0 Å². The molecule has 0 aliphatic rings. The van der Waals surface area contributed by atoms with Crippen molar-refractivity contribution < 1.29 is 4.79 Å². The summed E-state index contributed by atoms with van der Waals surface area (Å²) < 4.78 is 0. The lowest BCUT2D eigenvalue weighted by atomic mass is 9.92. The zero-order valence-corrected chi connectivity index (χ0v) is 14.1. The molecule has 1 aromatic carbocycles. The van der Waals surface area contributed by atoms with Crippen LogP contribution in [0.1, 0.15) is 57.2 Å². The predicted octanol–water partition coefficient (Wildman–Crippen LogP) is 3.24. The van der Waals surface area contributed by atoms with E-state index < -0.39 is 0 Å². The molecule has 0 saturated heterocycles. The largest absolute Gasteiger partial charge is 0.344 e. The number of hydrogen-bond donors (Lipinski definition) is 2. The second kappa shape index (κ2) is 9.27. The van der Waals surface area contributed by atoms with Crippen LogP contribution < -0.4 is 10.6 Å². The maximum absolute atomic E-state index is 11.7. The number of amides is 1. The van der Waals surface area contributed by atoms with Gasteiger partial charge in [-0.3, -0.25) is 4.79 Å². The molecular formula is C19H28N2O. The molecule has 0 spiro atoms. The van der Waals surface area contributed by atoms with Crippen molar-refractivity contribution in [2.75, 3.05) is 13.1 Å². The van der Waals surface area contributed by atoms with Crippen molar-refractivity contribution in [3.63, 3.8) is 0 Å². The van der Waals surface area contributed by atoms with Gasteiger partial charge in [-0.1, -0.05) is 57.9 Å². The van der Waals surface area contributed by atoms with Crippen LogP contribution in [0.5, 0.6) is 0 Å². The Morgan fingerprint density at radius 2 is 1.77 bits per heavy atom. The summed E-state index contributed by atoms with van der Waals surface area (Å²) in [5.74, 6) is 3.31. The van der Waals surface area contributed by atoms with Crippen LogP contribution in [-0.4, -0.2) is 19.0 Å². The van der Waals surface area contributed by atoms with E-state index >= 15 is 0 Å². The predicted molar refractivity (Wildman–Crippen MR) is 92.6 cm³/mol. The third-order valence-corrected chi connectivity index (χ3v) is 4.01. The van der Waals surface area contributed by atoms with E-state index in [9.17, 15) is 4.79 Å². The first-order valence-corrected chi connectivity index (χ1v) is 8.03. The number of carbonyl (C=O) groups excluding carboxylic acids is 1. The third kappa shape index (κ3) is 5.54. The highest BCUT2D eigenvalue weighted by molar-refractivity contribution is 5.78. The van der Waals surface area contributed by atoms with Crippen molar-refractivity contribution >= 4 is 5.91 Å². The monoisotopic (exact) mass is 300 g/mol. The average molecular weight is 300 g/mol. The zero-order valence-electron chi connectivity index (χ0n) is 14.1. The molecular weight excluding hydrogens is 272 g/mol. The van der Waals surface area contributed by atoms with Crippen LogP contribution in [0.15, 0.2) is 24.3 Å². The molecule has 0 fully saturated rings. The van der Waals surface area contributed by atoms with Gasteiger partial charge in [0.25, 0.3) is 0 Å². The van der Waals surface area contributed by atoms with E-state index in [-0.39, 0.29) is 25.0 Å². The van der Waals surface area contributed by atoms with Crippen LogP contribution >= 0.6 is 0 Å². The molecule has 0 saturated carbocycles. The van der Waals surface area contributed by atoms with E-state index in [2.05, 4.69) is 68.5 Å². The highest BCUT2D eigenvalue weighted by Gasteiger charge is 2.16. The van der Waals surface area contributed by atoms with Gasteiger partial charge in [0, 0.05) is 6.04 Å². The summed E-state index contributed by atoms with van der Waals surface area (Å²) in [5, 5.41) is 6.00. The second-order valence-corrected chi connectivity index (χ2v) is 6.06. The van der Waals surface area contributed by atoms with Crippen molar-refractivity contribution in [1.82, 2.24) is 10.6 Å². The fourth-order valence-electron chi connectivity index (χ4n) is 2.42. The topological polar surface area (TPSA) is 41.1 Å². The van der Waals surface area contributed by atoms with Crippen LogP contribution in [-0.2, 0) is 4.79 Å². The van der Waals surface area contributed by atoms with Gasteiger partial charge in [0.05, 0.1) is 13.1 Å². The first-order valence-electron chi connectivity index (χ1n) is 8.03. The lowest BCUT2D eigenvalue weighted by Crippen LogP contribution is -2.37. The minimum atomic E-state index is -0.0696. The van der Waals surface area contributed by atoms with Crippen LogP contribution in [0.25, 0.3) is 0 Å². The van der Waals surface area contributed by atoms with Gasteiger partial charge < -0.3 is 10.6 Å². The fourth-order valence-corrected chi connectivity index (χ4v) is 2.42. The lowest BCUT2D eigenvalue weighted by molar-refractivity contribution is -0.120. The lowest BCUT2D eigenvalue weighted by Gasteiger charge is -2.23. The number of benzene rings is 1. The molecule has 0 aliphatic heterocycles.